The number of rotatable bonds is 15. The predicted molar refractivity (Wildman–Crippen MR) is 214 cm³/mol. The van der Waals surface area contributed by atoms with Gasteiger partial charge < -0.3 is 34.8 Å². The molecule has 10 nitrogen and oxygen atoms in total. The van der Waals surface area contributed by atoms with E-state index in [4.69, 9.17) is 14.2 Å². The molecule has 58 heavy (non-hydrogen) atoms. The molecule has 318 valence electrons. The topological polar surface area (TPSA) is 152 Å². The lowest BCUT2D eigenvalue weighted by Gasteiger charge is -2.63. The molecule has 4 saturated carbocycles. The third-order valence-corrected chi connectivity index (χ3v) is 14.6. The average molecular weight is 810 g/mol. The van der Waals surface area contributed by atoms with Crippen LogP contribution in [0.15, 0.2) is 42.0 Å². The maximum atomic E-state index is 14.8. The van der Waals surface area contributed by atoms with E-state index in [0.29, 0.717) is 38.0 Å². The summed E-state index contributed by atoms with van der Waals surface area (Å²) < 4.78 is 46.3. The smallest absolute Gasteiger partial charge is 0.333 e. The van der Waals surface area contributed by atoms with Gasteiger partial charge in [0.25, 0.3) is 0 Å². The number of hydrogen-bond acceptors (Lipinski definition) is 8. The van der Waals surface area contributed by atoms with E-state index in [2.05, 4.69) is 26.1 Å². The van der Waals surface area contributed by atoms with E-state index < -0.39 is 41.5 Å². The number of amides is 1. The Kier molecular flexibility index (Phi) is 13.7. The van der Waals surface area contributed by atoms with E-state index in [0.717, 1.165) is 44.2 Å². The number of aliphatic carboxylic acids is 1. The molecule has 12 heteroatoms. The molecule has 6 rings (SSSR count). The second-order valence-corrected chi connectivity index (χ2v) is 17.9. The SMILES string of the molecule is CCOC(=O)C(C)=Cc1cc(F)c(Oc2ccc(CC(=O)NCCOC3CCC4(C)C(C3)CC(O)C3C4CC(O)C4(C)C(C(C)CCC(=O)O)CCC34)cc2)c(F)c1. The molecule has 0 radical (unpaired) electrons. The highest BCUT2D eigenvalue weighted by atomic mass is 19.1. The zero-order valence-corrected chi connectivity index (χ0v) is 34.5. The molecule has 0 aliphatic heterocycles. The Bertz CT molecular complexity index is 1810. The Balaban J connectivity index is 0.954. The van der Waals surface area contributed by atoms with Crippen LogP contribution in [0.4, 0.5) is 8.78 Å². The lowest BCUT2D eigenvalue weighted by molar-refractivity contribution is -0.209. The normalized spacial score (nSPS) is 32.3. The van der Waals surface area contributed by atoms with Crippen molar-refractivity contribution >= 4 is 23.9 Å². The van der Waals surface area contributed by atoms with Crippen molar-refractivity contribution in [1.82, 2.24) is 5.32 Å². The maximum Gasteiger partial charge on any atom is 0.333 e. The summed E-state index contributed by atoms with van der Waals surface area (Å²) in [6.45, 7) is 10.7. The number of benzene rings is 2. The Morgan fingerprint density at radius 2 is 1.71 bits per heavy atom. The third kappa shape index (κ3) is 9.14. The van der Waals surface area contributed by atoms with Crippen LogP contribution in [-0.4, -0.2) is 71.2 Å². The fourth-order valence-electron chi connectivity index (χ4n) is 11.6. The molecule has 4 fully saturated rings. The van der Waals surface area contributed by atoms with Gasteiger partial charge in [-0.2, -0.15) is 0 Å². The fourth-order valence-corrected chi connectivity index (χ4v) is 11.6. The van der Waals surface area contributed by atoms with Gasteiger partial charge in [0.15, 0.2) is 17.4 Å². The van der Waals surface area contributed by atoms with Crippen molar-refractivity contribution in [2.45, 2.75) is 117 Å². The van der Waals surface area contributed by atoms with Gasteiger partial charge in [0.1, 0.15) is 5.75 Å². The minimum atomic E-state index is -0.932. The number of nitrogens with one attached hydrogen (secondary N) is 1. The Hall–Kier alpha value is -3.87. The highest BCUT2D eigenvalue weighted by Crippen LogP contribution is 2.68. The van der Waals surface area contributed by atoms with Gasteiger partial charge in [-0.25, -0.2) is 13.6 Å². The molecule has 0 saturated heterocycles. The molecule has 11 atom stereocenters. The van der Waals surface area contributed by atoms with Gasteiger partial charge in [0.05, 0.1) is 37.9 Å². The lowest BCUT2D eigenvalue weighted by Crippen LogP contribution is -2.62. The summed E-state index contributed by atoms with van der Waals surface area (Å²) in [7, 11) is 0. The van der Waals surface area contributed by atoms with Crippen molar-refractivity contribution in [3.63, 3.8) is 0 Å². The molecular formula is C46H61F2NO9. The summed E-state index contributed by atoms with van der Waals surface area (Å²) in [4.78, 5) is 35.9. The van der Waals surface area contributed by atoms with Gasteiger partial charge in [-0.1, -0.05) is 32.9 Å². The van der Waals surface area contributed by atoms with E-state index in [9.17, 15) is 38.5 Å². The number of carbonyl (C=O) groups excluding carboxylic acids is 2. The van der Waals surface area contributed by atoms with Crippen molar-refractivity contribution in [2.75, 3.05) is 19.8 Å². The van der Waals surface area contributed by atoms with Crippen molar-refractivity contribution in [3.8, 4) is 11.5 Å². The Morgan fingerprint density at radius 3 is 2.38 bits per heavy atom. The first kappa shape index (κ1) is 43.7. The number of hydrogen-bond donors (Lipinski definition) is 4. The summed E-state index contributed by atoms with van der Waals surface area (Å²) in [5.41, 5.74) is 0.711. The number of aliphatic hydroxyl groups excluding tert-OH is 2. The minimum Gasteiger partial charge on any atom is -0.481 e. The van der Waals surface area contributed by atoms with E-state index in [1.54, 1.807) is 19.1 Å². The van der Waals surface area contributed by atoms with Gasteiger partial charge in [-0.05, 0) is 153 Å². The molecule has 2 aromatic carbocycles. The number of esters is 1. The molecule has 4 aliphatic rings. The fraction of sp³-hybridized carbons (Fsp3) is 0.630. The number of fused-ring (bicyclic) bond motifs is 5. The van der Waals surface area contributed by atoms with Crippen LogP contribution >= 0.6 is 0 Å². The average Bonchev–Trinajstić information content (AvgIpc) is 3.53. The zero-order chi connectivity index (χ0) is 41.9. The van der Waals surface area contributed by atoms with Crippen LogP contribution in [0.25, 0.3) is 6.08 Å². The monoisotopic (exact) mass is 809 g/mol. The van der Waals surface area contributed by atoms with Crippen LogP contribution in [0.1, 0.15) is 104 Å². The number of aliphatic hydroxyl groups is 2. The van der Waals surface area contributed by atoms with Crippen molar-refractivity contribution in [3.05, 3.63) is 64.7 Å². The van der Waals surface area contributed by atoms with Gasteiger partial charge in [-0.15, -0.1) is 0 Å². The summed E-state index contributed by atoms with van der Waals surface area (Å²) >= 11 is 0. The van der Waals surface area contributed by atoms with Gasteiger partial charge in [0.2, 0.25) is 5.91 Å². The molecule has 11 unspecified atom stereocenters. The van der Waals surface area contributed by atoms with Crippen LogP contribution < -0.4 is 10.1 Å². The molecule has 2 aromatic rings. The second kappa shape index (κ2) is 18.2. The summed E-state index contributed by atoms with van der Waals surface area (Å²) in [6.07, 6.45) is 7.24. The Morgan fingerprint density at radius 1 is 1.00 bits per heavy atom. The van der Waals surface area contributed by atoms with Crippen LogP contribution in [0.3, 0.4) is 0 Å². The summed E-state index contributed by atoms with van der Waals surface area (Å²) in [6, 6.07) is 8.53. The van der Waals surface area contributed by atoms with E-state index in [1.807, 2.05) is 0 Å². The standard InChI is InChI=1S/C46H61F2NO9/c1-6-56-44(55)27(3)19-29-20-36(47)43(37(48)21-29)58-31-10-8-28(9-11-31)22-40(52)49-17-18-57-32-15-16-45(4)30(23-32)24-38(50)42-34-13-12-33(26(2)7-14-41(53)54)46(34,5)39(51)25-35(42)45/h8-11,19-21,26,30,32-35,38-39,42,50-51H,6-7,12-18,22-25H2,1-5H3,(H,49,52)(H,53,54). The first-order valence-corrected chi connectivity index (χ1v) is 21.1. The molecule has 0 aromatic heterocycles. The molecular weight excluding hydrogens is 748 g/mol. The Labute approximate surface area is 340 Å². The second-order valence-electron chi connectivity index (χ2n) is 17.9. The molecule has 1 amide bonds. The molecule has 4 N–H and O–H groups in total. The third-order valence-electron chi connectivity index (χ3n) is 14.6. The minimum absolute atomic E-state index is 0.00985. The van der Waals surface area contributed by atoms with E-state index in [-0.39, 0.29) is 94.7 Å². The number of carboxylic acid groups (broad SMARTS) is 1. The molecule has 0 heterocycles. The number of carbonyl (C=O) groups is 3. The number of halogens is 2. The van der Waals surface area contributed by atoms with Crippen LogP contribution in [0.5, 0.6) is 11.5 Å². The zero-order valence-electron chi connectivity index (χ0n) is 34.5. The molecule has 0 spiro atoms. The number of ether oxygens (including phenoxy) is 3. The lowest BCUT2D eigenvalue weighted by atomic mass is 9.43. The first-order chi connectivity index (χ1) is 27.5. The maximum absolute atomic E-state index is 14.8. The molecule has 0 bridgehead atoms. The highest BCUT2D eigenvalue weighted by Gasteiger charge is 2.65. The van der Waals surface area contributed by atoms with Gasteiger partial charge >= 0.3 is 11.9 Å². The predicted octanol–water partition coefficient (Wildman–Crippen LogP) is 7.87. The summed E-state index contributed by atoms with van der Waals surface area (Å²) in [5.74, 6) is -2.54. The largest absolute Gasteiger partial charge is 0.481 e. The van der Waals surface area contributed by atoms with E-state index in [1.165, 1.54) is 25.1 Å². The van der Waals surface area contributed by atoms with Gasteiger partial charge in [0, 0.05) is 18.5 Å². The van der Waals surface area contributed by atoms with Crippen molar-refractivity contribution in [2.24, 2.45) is 46.3 Å². The number of carboxylic acids is 1. The van der Waals surface area contributed by atoms with Crippen LogP contribution in [0, 0.1) is 58.0 Å². The van der Waals surface area contributed by atoms with Gasteiger partial charge in [-0.3, -0.25) is 9.59 Å². The van der Waals surface area contributed by atoms with E-state index >= 15 is 0 Å². The first-order valence-electron chi connectivity index (χ1n) is 21.1. The van der Waals surface area contributed by atoms with Crippen molar-refractivity contribution in [1.29, 1.82) is 0 Å². The van der Waals surface area contributed by atoms with Crippen LogP contribution in [-0.2, 0) is 30.3 Å². The quantitative estimate of drug-likeness (QED) is 0.0801. The summed E-state index contributed by atoms with van der Waals surface area (Å²) in [5, 5.41) is 35.8. The molecule has 4 aliphatic carbocycles. The highest BCUT2D eigenvalue weighted by molar-refractivity contribution is 5.93. The van der Waals surface area contributed by atoms with Crippen LogP contribution in [0.2, 0.25) is 0 Å². The van der Waals surface area contributed by atoms with Crippen molar-refractivity contribution < 1.29 is 52.7 Å².